The van der Waals surface area contributed by atoms with Gasteiger partial charge in [0.25, 0.3) is 0 Å². The van der Waals surface area contributed by atoms with Gasteiger partial charge in [-0.1, -0.05) is 26.7 Å². The normalized spacial score (nSPS) is 18.0. The number of nitrogens with two attached hydrogens (primary N) is 5. The van der Waals surface area contributed by atoms with Gasteiger partial charge in [0.2, 0.25) is 0 Å². The molecule has 2 saturated heterocycles. The summed E-state index contributed by atoms with van der Waals surface area (Å²) in [7, 11) is 8.14. The van der Waals surface area contributed by atoms with Crippen molar-refractivity contribution in [3.63, 3.8) is 0 Å². The first-order chi connectivity index (χ1) is 20.5. The fraction of sp³-hybridized carbons (Fsp3) is 1.00. The maximum Gasteiger partial charge on any atom is 0.0138 e. The lowest BCUT2D eigenvalue weighted by molar-refractivity contribution is 0.160. The van der Waals surface area contributed by atoms with Crippen molar-refractivity contribution < 1.29 is 0 Å². The zero-order valence-corrected chi connectivity index (χ0v) is 30.5. The van der Waals surface area contributed by atoms with Gasteiger partial charge in [-0.2, -0.15) is 0 Å². The van der Waals surface area contributed by atoms with Crippen LogP contribution in [0.5, 0.6) is 0 Å². The van der Waals surface area contributed by atoms with Crippen molar-refractivity contribution in [1.29, 1.82) is 0 Å². The lowest BCUT2D eigenvalue weighted by Gasteiger charge is -2.33. The summed E-state index contributed by atoms with van der Waals surface area (Å²) in [5, 5.41) is 0. The third-order valence-corrected chi connectivity index (χ3v) is 7.52. The highest BCUT2D eigenvalue weighted by Crippen LogP contribution is 2.15. The molecule has 10 N–H and O–H groups in total. The molecule has 0 aliphatic carbocycles. The van der Waals surface area contributed by atoms with Crippen LogP contribution in [0.2, 0.25) is 0 Å². The Kier molecular flexibility index (Phi) is 39.4. The molecule has 264 valence electrons. The molecule has 10 nitrogen and oxygen atoms in total. The number of hydrogen-bond acceptors (Lipinski definition) is 10. The first-order valence-electron chi connectivity index (χ1n) is 17.6. The molecule has 0 radical (unpaired) electrons. The van der Waals surface area contributed by atoms with Crippen molar-refractivity contribution in [2.75, 3.05) is 120 Å². The predicted molar refractivity (Wildman–Crippen MR) is 194 cm³/mol. The van der Waals surface area contributed by atoms with Crippen LogP contribution in [0, 0.1) is 0 Å². The first kappa shape index (κ1) is 47.0. The van der Waals surface area contributed by atoms with Gasteiger partial charge in [0.1, 0.15) is 0 Å². The molecule has 0 saturated carbocycles. The van der Waals surface area contributed by atoms with E-state index in [1.165, 1.54) is 64.7 Å². The molecule has 0 bridgehead atoms. The van der Waals surface area contributed by atoms with E-state index in [0.717, 1.165) is 90.8 Å². The Bertz CT molecular complexity index is 489. The molecule has 2 unspecified atom stereocenters. The van der Waals surface area contributed by atoms with Gasteiger partial charge < -0.3 is 53.2 Å². The predicted octanol–water partition coefficient (Wildman–Crippen LogP) is 2.11. The molecule has 0 spiro atoms. The maximum atomic E-state index is 5.46. The second-order valence-corrected chi connectivity index (χ2v) is 12.6. The maximum absolute atomic E-state index is 5.46. The molecule has 10 heteroatoms. The third-order valence-electron chi connectivity index (χ3n) is 7.52. The Morgan fingerprint density at radius 1 is 0.674 bits per heavy atom. The van der Waals surface area contributed by atoms with Crippen molar-refractivity contribution in [3.8, 4) is 0 Å². The summed E-state index contributed by atoms with van der Waals surface area (Å²) in [6.07, 6.45) is 11.7. The van der Waals surface area contributed by atoms with E-state index < -0.39 is 0 Å². The highest BCUT2D eigenvalue weighted by atomic mass is 15.2. The van der Waals surface area contributed by atoms with Crippen LogP contribution < -0.4 is 28.7 Å². The van der Waals surface area contributed by atoms with Gasteiger partial charge in [-0.15, -0.1) is 0 Å². The lowest BCUT2D eigenvalue weighted by Crippen LogP contribution is -2.38. The molecule has 2 heterocycles. The van der Waals surface area contributed by atoms with Gasteiger partial charge in [0.15, 0.2) is 0 Å². The summed E-state index contributed by atoms with van der Waals surface area (Å²) in [5.41, 5.74) is 26.9. The van der Waals surface area contributed by atoms with Gasteiger partial charge in [0.05, 0.1) is 0 Å². The van der Waals surface area contributed by atoms with Gasteiger partial charge >= 0.3 is 0 Å². The summed E-state index contributed by atoms with van der Waals surface area (Å²) < 4.78 is 0. The Hall–Kier alpha value is -0.400. The Labute approximate surface area is 270 Å². The fourth-order valence-electron chi connectivity index (χ4n) is 4.99. The second kappa shape index (κ2) is 36.1. The van der Waals surface area contributed by atoms with E-state index in [-0.39, 0.29) is 0 Å². The van der Waals surface area contributed by atoms with E-state index >= 15 is 0 Å². The van der Waals surface area contributed by atoms with Crippen LogP contribution in [0.4, 0.5) is 0 Å². The summed E-state index contributed by atoms with van der Waals surface area (Å²) in [6, 6.07) is 1.10. The molecule has 0 aromatic heterocycles. The average Bonchev–Trinajstić information content (AvgIpc) is 2.98. The molecule has 0 aromatic carbocycles. The average molecular weight is 619 g/mol. The molecule has 2 atom stereocenters. The largest absolute Gasteiger partial charge is 0.330 e. The topological polar surface area (TPSA) is 146 Å². The number of likely N-dealkylation sites (tertiary alicyclic amines) is 2. The lowest BCUT2D eigenvalue weighted by atomic mass is 10.0. The molecule has 2 aliphatic rings. The summed E-state index contributed by atoms with van der Waals surface area (Å²) >= 11 is 0. The van der Waals surface area contributed by atoms with Crippen LogP contribution in [-0.4, -0.2) is 156 Å². The highest BCUT2D eigenvalue weighted by molar-refractivity contribution is 4.72. The first-order valence-corrected chi connectivity index (χ1v) is 17.6. The van der Waals surface area contributed by atoms with Crippen molar-refractivity contribution >= 4 is 0 Å². The van der Waals surface area contributed by atoms with E-state index in [4.69, 9.17) is 28.7 Å². The highest BCUT2D eigenvalue weighted by Gasteiger charge is 2.16. The molecule has 2 fully saturated rings. The van der Waals surface area contributed by atoms with E-state index in [0.29, 0.717) is 6.04 Å². The van der Waals surface area contributed by atoms with Gasteiger partial charge in [-0.25, -0.2) is 0 Å². The van der Waals surface area contributed by atoms with E-state index in [9.17, 15) is 0 Å². The Morgan fingerprint density at radius 3 is 1.58 bits per heavy atom. The molecule has 43 heavy (non-hydrogen) atoms. The molecular weight excluding hydrogens is 536 g/mol. The Morgan fingerprint density at radius 2 is 1.21 bits per heavy atom. The van der Waals surface area contributed by atoms with Crippen LogP contribution in [-0.2, 0) is 0 Å². The summed E-state index contributed by atoms with van der Waals surface area (Å²) in [6.45, 7) is 23.6. The molecule has 2 rings (SSSR count). The van der Waals surface area contributed by atoms with Crippen LogP contribution in [0.25, 0.3) is 0 Å². The number of rotatable bonds is 15. The monoisotopic (exact) mass is 619 g/mol. The van der Waals surface area contributed by atoms with Crippen LogP contribution >= 0.6 is 0 Å². The minimum atomic E-state index is 0.301. The van der Waals surface area contributed by atoms with Gasteiger partial charge in [-0.3, -0.25) is 0 Å². The van der Waals surface area contributed by atoms with Gasteiger partial charge in [0, 0.05) is 31.7 Å². The number of piperidine rings is 2. The number of nitrogens with zero attached hydrogens (tertiary/aromatic N) is 5. The molecule has 0 amide bonds. The van der Waals surface area contributed by atoms with Crippen LogP contribution in [0.1, 0.15) is 85.5 Å². The molecular formula is C33H82N10. The van der Waals surface area contributed by atoms with Crippen LogP contribution in [0.3, 0.4) is 0 Å². The SMILES string of the molecule is CC(N)CN(C)C.CC1CCCCN1CCCN.CCN(CC)CCCN.CN(C)CCCN.NCCN1CCCCC1. The second-order valence-electron chi connectivity index (χ2n) is 12.6. The smallest absolute Gasteiger partial charge is 0.0138 e. The molecule has 2 aliphatic heterocycles. The standard InChI is InChI=1S/C9H20N2.C7H16N2.C7H18N2.2C5H14N2/c1-9-5-2-3-7-11(9)8-4-6-10;8-4-7-9-5-2-1-3-6-9;1-3-9(4-2)7-5-6-8;1-5(6)4-7(2)3;1-7(2)5-3-4-6/h9H,2-8,10H2,1H3;1-8H2;3-8H2,1-2H3;5H,4,6H2,1-3H3;3-6H2,1-2H3. The zero-order valence-electron chi connectivity index (χ0n) is 30.5. The number of likely N-dealkylation sites (N-methyl/N-ethyl adjacent to an activating group) is 1. The van der Waals surface area contributed by atoms with Crippen molar-refractivity contribution in [1.82, 2.24) is 24.5 Å². The fourth-order valence-corrected chi connectivity index (χ4v) is 4.99. The van der Waals surface area contributed by atoms with Crippen molar-refractivity contribution in [2.24, 2.45) is 28.7 Å². The Balaban J connectivity index is -0.000000471. The van der Waals surface area contributed by atoms with Gasteiger partial charge in [-0.05, 0) is 159 Å². The van der Waals surface area contributed by atoms with Crippen LogP contribution in [0.15, 0.2) is 0 Å². The minimum absolute atomic E-state index is 0.301. The quantitative estimate of drug-likeness (QED) is 0.185. The molecule has 0 aromatic rings. The summed E-state index contributed by atoms with van der Waals surface area (Å²) in [5.74, 6) is 0. The van der Waals surface area contributed by atoms with E-state index in [2.05, 4.69) is 59.4 Å². The third kappa shape index (κ3) is 37.7. The van der Waals surface area contributed by atoms with Crippen molar-refractivity contribution in [2.45, 2.75) is 97.6 Å². The van der Waals surface area contributed by atoms with E-state index in [1.807, 2.05) is 21.0 Å². The zero-order chi connectivity index (χ0) is 33.3. The van der Waals surface area contributed by atoms with Crippen molar-refractivity contribution in [3.05, 3.63) is 0 Å². The minimum Gasteiger partial charge on any atom is -0.330 e. The van der Waals surface area contributed by atoms with E-state index in [1.54, 1.807) is 0 Å². The number of hydrogen-bond donors (Lipinski definition) is 5. The summed E-state index contributed by atoms with van der Waals surface area (Å²) in [4.78, 5) is 11.6.